The molecule has 160 valence electrons. The van der Waals surface area contributed by atoms with Crippen LogP contribution < -0.4 is 5.01 Å². The first kappa shape index (κ1) is 20.8. The first-order valence-electron chi connectivity index (χ1n) is 9.96. The maximum atomic E-state index is 12.9. The summed E-state index contributed by atoms with van der Waals surface area (Å²) in [6.07, 6.45) is 0. The summed E-state index contributed by atoms with van der Waals surface area (Å²) in [7, 11) is 0. The quantitative estimate of drug-likeness (QED) is 0.640. The fourth-order valence-electron chi connectivity index (χ4n) is 3.52. The van der Waals surface area contributed by atoms with Gasteiger partial charge in [0.15, 0.2) is 0 Å². The van der Waals surface area contributed by atoms with Crippen molar-refractivity contribution in [3.63, 3.8) is 0 Å². The molecule has 31 heavy (non-hydrogen) atoms. The van der Waals surface area contributed by atoms with Crippen molar-refractivity contribution in [3.05, 3.63) is 64.0 Å². The number of hydrazone groups is 1. The molecule has 0 amide bonds. The maximum absolute atomic E-state index is 12.9. The van der Waals surface area contributed by atoms with Gasteiger partial charge in [-0.05, 0) is 44.4 Å². The summed E-state index contributed by atoms with van der Waals surface area (Å²) < 4.78 is 10.6. The van der Waals surface area contributed by atoms with Crippen LogP contribution in [0.1, 0.15) is 31.7 Å². The molecule has 0 spiro atoms. The molecule has 2 aromatic rings. The lowest BCUT2D eigenvalue weighted by Crippen LogP contribution is -2.47. The molecule has 9 heteroatoms. The van der Waals surface area contributed by atoms with Crippen molar-refractivity contribution < 1.29 is 19.1 Å². The van der Waals surface area contributed by atoms with Gasteiger partial charge in [-0.1, -0.05) is 24.3 Å². The molecule has 3 heterocycles. The molecule has 0 saturated heterocycles. The van der Waals surface area contributed by atoms with E-state index in [0.29, 0.717) is 17.2 Å². The zero-order valence-corrected chi connectivity index (χ0v) is 18.3. The molecule has 0 saturated carbocycles. The summed E-state index contributed by atoms with van der Waals surface area (Å²) in [6.45, 7) is 5.69. The fraction of sp³-hybridized carbons (Fsp3) is 0.273. The van der Waals surface area contributed by atoms with Gasteiger partial charge in [0.05, 0.1) is 30.2 Å². The van der Waals surface area contributed by atoms with Crippen molar-refractivity contribution in [1.29, 1.82) is 0 Å². The fourth-order valence-corrected chi connectivity index (χ4v) is 4.35. The second kappa shape index (κ2) is 8.73. The highest BCUT2D eigenvalue weighted by Gasteiger charge is 2.47. The van der Waals surface area contributed by atoms with E-state index >= 15 is 0 Å². The summed E-state index contributed by atoms with van der Waals surface area (Å²) in [5, 5.41) is 8.07. The van der Waals surface area contributed by atoms with Crippen molar-refractivity contribution in [2.75, 3.05) is 18.2 Å². The number of thiophene rings is 1. The number of anilines is 1. The van der Waals surface area contributed by atoms with E-state index in [1.165, 1.54) is 11.3 Å². The standard InChI is InChI=1S/C22H22N4O4S/c1-4-29-20(27)17-14(3)23-22-25(18(17)16-12-9-13-31-16)19(21(28)30-5-2)24-26(22)15-10-7-6-8-11-15/h6-13,18H,4-5H2,1-3H3. The normalized spacial score (nSPS) is 17.8. The Labute approximate surface area is 184 Å². The van der Waals surface area contributed by atoms with E-state index < -0.39 is 18.0 Å². The minimum atomic E-state index is -0.608. The van der Waals surface area contributed by atoms with Gasteiger partial charge in [-0.2, -0.15) is 5.01 Å². The van der Waals surface area contributed by atoms with Crippen LogP contribution in [0.25, 0.3) is 0 Å². The molecule has 2 aliphatic heterocycles. The molecule has 0 bridgehead atoms. The van der Waals surface area contributed by atoms with Gasteiger partial charge < -0.3 is 9.47 Å². The van der Waals surface area contributed by atoms with E-state index in [1.54, 1.807) is 30.7 Å². The van der Waals surface area contributed by atoms with Crippen LogP contribution in [0.15, 0.2) is 69.2 Å². The van der Waals surface area contributed by atoms with Crippen LogP contribution in [0.2, 0.25) is 0 Å². The lowest BCUT2D eigenvalue weighted by molar-refractivity contribution is -0.139. The minimum absolute atomic E-state index is 0.0668. The third kappa shape index (κ3) is 3.72. The smallest absolute Gasteiger partial charge is 0.376 e. The van der Waals surface area contributed by atoms with E-state index in [0.717, 1.165) is 10.6 Å². The van der Waals surface area contributed by atoms with Crippen LogP contribution in [0.4, 0.5) is 5.69 Å². The van der Waals surface area contributed by atoms with Crippen LogP contribution in [0.5, 0.6) is 0 Å². The summed E-state index contributed by atoms with van der Waals surface area (Å²) >= 11 is 1.48. The summed E-state index contributed by atoms with van der Waals surface area (Å²) in [4.78, 5) is 33.0. The number of allylic oxidation sites excluding steroid dienone is 1. The van der Waals surface area contributed by atoms with Crippen LogP contribution in [0, 0.1) is 0 Å². The van der Waals surface area contributed by atoms with Crippen LogP contribution >= 0.6 is 11.3 Å². The lowest BCUT2D eigenvalue weighted by Gasteiger charge is -2.34. The summed E-state index contributed by atoms with van der Waals surface area (Å²) in [5.41, 5.74) is 1.63. The van der Waals surface area contributed by atoms with Crippen molar-refractivity contribution in [3.8, 4) is 0 Å². The molecular weight excluding hydrogens is 416 g/mol. The Bertz CT molecular complexity index is 1080. The molecule has 0 radical (unpaired) electrons. The molecular formula is C22H22N4O4S. The number of nitrogens with zero attached hydrogens (tertiary/aromatic N) is 4. The number of ether oxygens (including phenoxy) is 2. The molecule has 0 fully saturated rings. The van der Waals surface area contributed by atoms with E-state index in [1.807, 2.05) is 47.8 Å². The van der Waals surface area contributed by atoms with Gasteiger partial charge in [0.25, 0.3) is 0 Å². The van der Waals surface area contributed by atoms with Crippen LogP contribution in [-0.4, -0.2) is 41.8 Å². The van der Waals surface area contributed by atoms with Gasteiger partial charge in [-0.3, -0.25) is 4.90 Å². The van der Waals surface area contributed by atoms with Crippen LogP contribution in [0.3, 0.4) is 0 Å². The molecule has 0 aliphatic carbocycles. The predicted molar refractivity (Wildman–Crippen MR) is 119 cm³/mol. The highest BCUT2D eigenvalue weighted by atomic mass is 32.1. The molecule has 1 atom stereocenters. The zero-order chi connectivity index (χ0) is 22.0. The Kier molecular flexibility index (Phi) is 5.85. The first-order valence-corrected chi connectivity index (χ1v) is 10.8. The maximum Gasteiger partial charge on any atom is 0.376 e. The Morgan fingerprint density at radius 3 is 2.39 bits per heavy atom. The molecule has 0 N–H and O–H groups in total. The molecule has 2 aliphatic rings. The number of benzene rings is 1. The van der Waals surface area contributed by atoms with Crippen molar-refractivity contribution in [2.45, 2.75) is 26.8 Å². The number of amidine groups is 1. The highest BCUT2D eigenvalue weighted by Crippen LogP contribution is 2.41. The number of carbonyl (C=O) groups is 2. The predicted octanol–water partition coefficient (Wildman–Crippen LogP) is 3.69. The van der Waals surface area contributed by atoms with Crippen molar-refractivity contribution >= 4 is 40.8 Å². The molecule has 1 aromatic carbocycles. The first-order chi connectivity index (χ1) is 15.1. The number of guanidine groups is 1. The second-order valence-electron chi connectivity index (χ2n) is 6.71. The van der Waals surface area contributed by atoms with E-state index in [9.17, 15) is 9.59 Å². The molecule has 1 aromatic heterocycles. The number of aliphatic imine (C=N–C) groups is 1. The average molecular weight is 439 g/mol. The largest absolute Gasteiger partial charge is 0.463 e. The van der Waals surface area contributed by atoms with E-state index in [2.05, 4.69) is 10.1 Å². The molecule has 1 unspecified atom stereocenters. The number of fused-ring (bicyclic) bond motifs is 1. The third-order valence-electron chi connectivity index (χ3n) is 4.78. The SMILES string of the molecule is CCOC(=O)C1=NN(c2ccccc2)C2=NC(C)=C(C(=O)OCC)C(c3cccs3)N12. The van der Waals surface area contributed by atoms with Gasteiger partial charge >= 0.3 is 11.9 Å². The van der Waals surface area contributed by atoms with Crippen LogP contribution in [-0.2, 0) is 19.1 Å². The molecule has 8 nitrogen and oxygen atoms in total. The number of hydrogen-bond donors (Lipinski definition) is 0. The van der Waals surface area contributed by atoms with E-state index in [-0.39, 0.29) is 19.0 Å². The second-order valence-corrected chi connectivity index (χ2v) is 7.69. The van der Waals surface area contributed by atoms with Crippen molar-refractivity contribution in [1.82, 2.24) is 4.90 Å². The summed E-state index contributed by atoms with van der Waals surface area (Å²) in [5.74, 6) is -0.559. The topological polar surface area (TPSA) is 83.8 Å². The Morgan fingerprint density at radius 1 is 1.03 bits per heavy atom. The Balaban J connectivity index is 1.91. The molecule has 4 rings (SSSR count). The summed E-state index contributed by atoms with van der Waals surface area (Å²) in [6, 6.07) is 12.6. The number of hydrogen-bond acceptors (Lipinski definition) is 9. The highest BCUT2D eigenvalue weighted by molar-refractivity contribution is 7.10. The number of rotatable bonds is 6. The van der Waals surface area contributed by atoms with Crippen molar-refractivity contribution in [2.24, 2.45) is 10.1 Å². The minimum Gasteiger partial charge on any atom is -0.463 e. The number of esters is 2. The van der Waals surface area contributed by atoms with Gasteiger partial charge in [0.2, 0.25) is 11.8 Å². The van der Waals surface area contributed by atoms with Gasteiger partial charge in [-0.25, -0.2) is 14.6 Å². The Hall–Kier alpha value is -3.46. The lowest BCUT2D eigenvalue weighted by atomic mass is 10.00. The number of carbonyl (C=O) groups excluding carboxylic acids is 2. The monoisotopic (exact) mass is 438 g/mol. The average Bonchev–Trinajstić information content (AvgIpc) is 3.42. The third-order valence-corrected chi connectivity index (χ3v) is 5.71. The zero-order valence-electron chi connectivity index (χ0n) is 17.4. The Morgan fingerprint density at radius 2 is 1.74 bits per heavy atom. The number of para-hydroxylation sites is 1. The van der Waals surface area contributed by atoms with Gasteiger partial charge in [-0.15, -0.1) is 16.4 Å². The van der Waals surface area contributed by atoms with E-state index in [4.69, 9.17) is 9.47 Å². The van der Waals surface area contributed by atoms with Gasteiger partial charge in [0, 0.05) is 4.88 Å². The van der Waals surface area contributed by atoms with Gasteiger partial charge in [0.1, 0.15) is 6.04 Å².